The van der Waals surface area contributed by atoms with Crippen LogP contribution in [0.2, 0.25) is 0 Å². The Labute approximate surface area is 196 Å². The highest BCUT2D eigenvalue weighted by Crippen LogP contribution is 2.40. The Balaban J connectivity index is 1.98. The van der Waals surface area contributed by atoms with Crippen LogP contribution in [0.4, 0.5) is 10.1 Å². The van der Waals surface area contributed by atoms with Crippen molar-refractivity contribution in [2.24, 2.45) is 0 Å². The molecule has 0 heterocycles. The molecule has 1 aliphatic rings. The number of methoxy groups -OCH3 is 2. The molecule has 178 valence electrons. The Bertz CT molecular complexity index is 1040. The van der Waals surface area contributed by atoms with E-state index in [4.69, 9.17) is 9.47 Å². The fraction of sp³-hybridized carbons (Fsp3) is 0.444. The lowest BCUT2D eigenvalue weighted by Gasteiger charge is -2.18. The third-order valence-corrected chi connectivity index (χ3v) is 6.24. The fourth-order valence-electron chi connectivity index (χ4n) is 4.26. The smallest absolute Gasteiger partial charge is 0.247 e. The highest BCUT2D eigenvalue weighted by molar-refractivity contribution is 6.01. The molecule has 0 saturated heterocycles. The molecular weight excluding hydrogens is 419 g/mol. The summed E-state index contributed by atoms with van der Waals surface area (Å²) >= 11 is 0. The molecule has 33 heavy (non-hydrogen) atoms. The van der Waals surface area contributed by atoms with E-state index in [0.717, 1.165) is 36.8 Å². The number of carbonyl (C=O) groups is 1. The van der Waals surface area contributed by atoms with Gasteiger partial charge in [0.25, 0.3) is 0 Å². The molecule has 0 spiro atoms. The molecule has 6 heteroatoms. The molecule has 0 aromatic heterocycles. The predicted octanol–water partition coefficient (Wildman–Crippen LogP) is 6.18. The van der Waals surface area contributed by atoms with Crippen molar-refractivity contribution in [3.05, 3.63) is 47.3 Å². The lowest BCUT2D eigenvalue weighted by molar-refractivity contribution is -0.118. The average molecular weight is 455 g/mol. The van der Waals surface area contributed by atoms with Crippen LogP contribution in [-0.4, -0.2) is 32.2 Å². The van der Waals surface area contributed by atoms with Gasteiger partial charge in [-0.1, -0.05) is 18.9 Å². The normalized spacial score (nSPS) is 14.8. The van der Waals surface area contributed by atoms with Crippen LogP contribution in [0.5, 0.6) is 11.5 Å². The number of benzene rings is 2. The maximum Gasteiger partial charge on any atom is 0.247 e. The minimum absolute atomic E-state index is 0.0557. The van der Waals surface area contributed by atoms with Crippen LogP contribution in [0.1, 0.15) is 58.9 Å². The molecule has 3 rings (SSSR count). The SMILES string of the molecule is COc1cc(-c2ccc(NC(C)C)c(F)c2)c(OC)cc1/C(C)=C(\C)C(=O)NC1CCCC1. The Kier molecular flexibility index (Phi) is 8.01. The van der Waals surface area contributed by atoms with Gasteiger partial charge >= 0.3 is 0 Å². The summed E-state index contributed by atoms with van der Waals surface area (Å²) < 4.78 is 26.0. The molecule has 2 N–H and O–H groups in total. The van der Waals surface area contributed by atoms with Gasteiger partial charge in [0.15, 0.2) is 0 Å². The van der Waals surface area contributed by atoms with Crippen LogP contribution >= 0.6 is 0 Å². The highest BCUT2D eigenvalue weighted by atomic mass is 19.1. The zero-order valence-electron chi connectivity index (χ0n) is 20.5. The van der Waals surface area contributed by atoms with E-state index in [1.807, 2.05) is 45.9 Å². The molecule has 0 atom stereocenters. The summed E-state index contributed by atoms with van der Waals surface area (Å²) in [5, 5.41) is 6.24. The number of rotatable bonds is 8. The first kappa shape index (κ1) is 24.6. The van der Waals surface area contributed by atoms with Gasteiger partial charge in [0.05, 0.1) is 19.9 Å². The second-order valence-corrected chi connectivity index (χ2v) is 8.95. The highest BCUT2D eigenvalue weighted by Gasteiger charge is 2.21. The topological polar surface area (TPSA) is 59.6 Å². The number of anilines is 1. The number of amides is 1. The number of ether oxygens (including phenoxy) is 2. The van der Waals surface area contributed by atoms with Crippen LogP contribution in [0.25, 0.3) is 16.7 Å². The van der Waals surface area contributed by atoms with Crippen molar-refractivity contribution >= 4 is 17.2 Å². The first-order chi connectivity index (χ1) is 15.7. The number of allylic oxidation sites excluding steroid dienone is 1. The maximum atomic E-state index is 14.7. The van der Waals surface area contributed by atoms with E-state index in [-0.39, 0.29) is 23.8 Å². The summed E-state index contributed by atoms with van der Waals surface area (Å²) in [5.74, 6) is 0.792. The van der Waals surface area contributed by atoms with Gasteiger partial charge in [0.2, 0.25) is 5.91 Å². The van der Waals surface area contributed by atoms with Gasteiger partial charge in [-0.05, 0) is 75.9 Å². The summed E-state index contributed by atoms with van der Waals surface area (Å²) in [7, 11) is 3.17. The Morgan fingerprint density at radius 2 is 1.70 bits per heavy atom. The molecule has 5 nitrogen and oxygen atoms in total. The van der Waals surface area contributed by atoms with E-state index in [1.165, 1.54) is 6.07 Å². The summed E-state index contributed by atoms with van der Waals surface area (Å²) in [6, 6.07) is 9.15. The standard InChI is InChI=1S/C27H35FN2O3/c1-16(2)29-24-12-11-19(13-23(24)28)22-15-25(32-5)21(14-26(22)33-6)17(3)18(4)27(31)30-20-9-7-8-10-20/h11-16,20,29H,7-10H2,1-6H3,(H,30,31)/b18-17+. The summed E-state index contributed by atoms with van der Waals surface area (Å²) in [5.41, 5.74) is 4.09. The second kappa shape index (κ2) is 10.7. The van der Waals surface area contributed by atoms with E-state index < -0.39 is 0 Å². The monoisotopic (exact) mass is 454 g/mol. The number of halogens is 1. The Morgan fingerprint density at radius 3 is 2.27 bits per heavy atom. The summed E-state index contributed by atoms with van der Waals surface area (Å²) in [6.45, 7) is 7.67. The number of nitrogens with one attached hydrogen (secondary N) is 2. The van der Waals surface area contributed by atoms with Gasteiger partial charge in [0, 0.05) is 28.8 Å². The second-order valence-electron chi connectivity index (χ2n) is 8.95. The maximum absolute atomic E-state index is 14.7. The van der Waals surface area contributed by atoms with Crippen LogP contribution in [0.3, 0.4) is 0 Å². The largest absolute Gasteiger partial charge is 0.496 e. The molecule has 0 radical (unpaired) electrons. The van der Waals surface area contributed by atoms with E-state index in [9.17, 15) is 9.18 Å². The van der Waals surface area contributed by atoms with E-state index in [1.54, 1.807) is 20.3 Å². The quantitative estimate of drug-likeness (QED) is 0.468. The van der Waals surface area contributed by atoms with Crippen LogP contribution in [0, 0.1) is 5.82 Å². The van der Waals surface area contributed by atoms with Gasteiger partial charge in [0.1, 0.15) is 17.3 Å². The summed E-state index contributed by atoms with van der Waals surface area (Å²) in [4.78, 5) is 12.8. The first-order valence-corrected chi connectivity index (χ1v) is 11.6. The molecule has 2 aromatic carbocycles. The lowest BCUT2D eigenvalue weighted by atomic mass is 9.95. The van der Waals surface area contributed by atoms with Gasteiger partial charge < -0.3 is 20.1 Å². The minimum Gasteiger partial charge on any atom is -0.496 e. The third-order valence-electron chi connectivity index (χ3n) is 6.24. The van der Waals surface area contributed by atoms with E-state index in [0.29, 0.717) is 33.9 Å². The van der Waals surface area contributed by atoms with E-state index >= 15 is 0 Å². The summed E-state index contributed by atoms with van der Waals surface area (Å²) in [6.07, 6.45) is 4.39. The molecule has 0 bridgehead atoms. The molecule has 0 unspecified atom stereocenters. The third kappa shape index (κ3) is 5.67. The van der Waals surface area contributed by atoms with Gasteiger partial charge in [-0.15, -0.1) is 0 Å². The van der Waals surface area contributed by atoms with Gasteiger partial charge in [-0.2, -0.15) is 0 Å². The number of hydrogen-bond acceptors (Lipinski definition) is 4. The van der Waals surface area contributed by atoms with Crippen LogP contribution < -0.4 is 20.1 Å². The lowest BCUT2D eigenvalue weighted by Crippen LogP contribution is -2.33. The Hall–Kier alpha value is -3.02. The molecule has 2 aromatic rings. The number of carbonyl (C=O) groups excluding carboxylic acids is 1. The predicted molar refractivity (Wildman–Crippen MR) is 132 cm³/mol. The van der Waals surface area contributed by atoms with Crippen molar-refractivity contribution in [2.45, 2.75) is 65.5 Å². The molecule has 1 amide bonds. The zero-order chi connectivity index (χ0) is 24.1. The van der Waals surface area contributed by atoms with Crippen molar-refractivity contribution in [1.82, 2.24) is 5.32 Å². The van der Waals surface area contributed by atoms with Gasteiger partial charge in [-0.3, -0.25) is 4.79 Å². The Morgan fingerprint density at radius 1 is 1.03 bits per heavy atom. The first-order valence-electron chi connectivity index (χ1n) is 11.6. The van der Waals surface area contributed by atoms with Crippen molar-refractivity contribution in [3.63, 3.8) is 0 Å². The van der Waals surface area contributed by atoms with Crippen molar-refractivity contribution in [1.29, 1.82) is 0 Å². The zero-order valence-corrected chi connectivity index (χ0v) is 20.5. The van der Waals surface area contributed by atoms with Crippen molar-refractivity contribution < 1.29 is 18.7 Å². The molecule has 1 saturated carbocycles. The van der Waals surface area contributed by atoms with Crippen molar-refractivity contribution in [3.8, 4) is 22.6 Å². The fourth-order valence-corrected chi connectivity index (χ4v) is 4.26. The van der Waals surface area contributed by atoms with Gasteiger partial charge in [-0.25, -0.2) is 4.39 Å². The molecular formula is C27H35FN2O3. The minimum atomic E-state index is -0.332. The van der Waals surface area contributed by atoms with Crippen LogP contribution in [-0.2, 0) is 4.79 Å². The molecule has 0 aliphatic heterocycles. The molecule has 1 aliphatic carbocycles. The van der Waals surface area contributed by atoms with E-state index in [2.05, 4.69) is 10.6 Å². The number of hydrogen-bond donors (Lipinski definition) is 2. The van der Waals surface area contributed by atoms with Crippen molar-refractivity contribution in [2.75, 3.05) is 19.5 Å². The average Bonchev–Trinajstić information content (AvgIpc) is 3.31. The van der Waals surface area contributed by atoms with Crippen LogP contribution in [0.15, 0.2) is 35.9 Å². The molecule has 1 fully saturated rings.